The Morgan fingerprint density at radius 2 is 0.986 bits per heavy atom. The molecular formula is C48H80N6O16. The summed E-state index contributed by atoms with van der Waals surface area (Å²) in [7, 11) is 1.66. The van der Waals surface area contributed by atoms with Crippen molar-refractivity contribution in [2.75, 3.05) is 46.6 Å². The summed E-state index contributed by atoms with van der Waals surface area (Å²) < 4.78 is 10.5. The van der Waals surface area contributed by atoms with Crippen LogP contribution < -0.4 is 31.9 Å². The third-order valence-electron chi connectivity index (χ3n) is 10.9. The van der Waals surface area contributed by atoms with Crippen LogP contribution in [-0.2, 0) is 57.4 Å². The number of hydrogen-bond donors (Lipinski definition) is 10. The van der Waals surface area contributed by atoms with Gasteiger partial charge in [-0.2, -0.15) is 0 Å². The molecule has 0 aromatic rings. The summed E-state index contributed by atoms with van der Waals surface area (Å²) in [4.78, 5) is 119. The molecule has 0 aromatic carbocycles. The van der Waals surface area contributed by atoms with Gasteiger partial charge in [0.05, 0.1) is 25.9 Å². The molecular weight excluding hydrogens is 917 g/mol. The second-order valence-electron chi connectivity index (χ2n) is 16.8. The minimum Gasteiger partial charge on any atom is -0.481 e. The lowest BCUT2D eigenvalue weighted by Gasteiger charge is -2.15. The molecule has 2 unspecified atom stereocenters. The minimum absolute atomic E-state index is 0.00319. The van der Waals surface area contributed by atoms with Crippen molar-refractivity contribution in [2.45, 2.75) is 172 Å². The molecule has 0 saturated heterocycles. The Balaban J connectivity index is 4.20. The smallest absolute Gasteiger partial charge is 0.352 e. The molecule has 10 N–H and O–H groups in total. The van der Waals surface area contributed by atoms with Gasteiger partial charge in [-0.3, -0.25) is 33.6 Å². The Hall–Kier alpha value is -5.74. The molecule has 0 rings (SSSR count). The van der Waals surface area contributed by atoms with Crippen molar-refractivity contribution in [3.05, 3.63) is 24.4 Å². The zero-order valence-corrected chi connectivity index (χ0v) is 41.0. The highest BCUT2D eigenvalue weighted by Crippen LogP contribution is 2.14. The first kappa shape index (κ1) is 64.3. The Morgan fingerprint density at radius 1 is 0.500 bits per heavy atom. The van der Waals surface area contributed by atoms with Gasteiger partial charge in [0, 0.05) is 45.2 Å². The second-order valence-corrected chi connectivity index (χ2v) is 16.8. The third-order valence-corrected chi connectivity index (χ3v) is 10.9. The van der Waals surface area contributed by atoms with Crippen LogP contribution in [0.1, 0.15) is 154 Å². The number of ketones is 1. The summed E-state index contributed by atoms with van der Waals surface area (Å²) in [5.41, 5.74) is -0.652. The van der Waals surface area contributed by atoms with E-state index in [4.69, 9.17) is 14.6 Å². The first-order valence-corrected chi connectivity index (χ1v) is 24.5. The van der Waals surface area contributed by atoms with Crippen LogP contribution in [0.2, 0.25) is 0 Å². The number of unbranched alkanes of at least 4 members (excludes halogenated alkanes) is 14. The molecule has 0 aromatic heterocycles. The van der Waals surface area contributed by atoms with Gasteiger partial charge in [0.2, 0.25) is 23.6 Å². The summed E-state index contributed by atoms with van der Waals surface area (Å²) in [5.74, 6) is -8.07. The molecule has 0 aliphatic rings. The summed E-state index contributed by atoms with van der Waals surface area (Å²) >= 11 is 0. The van der Waals surface area contributed by atoms with Gasteiger partial charge in [0.15, 0.2) is 5.78 Å². The number of carboxylic acid groups (broad SMARTS) is 4. The van der Waals surface area contributed by atoms with Gasteiger partial charge in [-0.05, 0) is 64.1 Å². The molecule has 5 amide bonds. The third kappa shape index (κ3) is 37.2. The van der Waals surface area contributed by atoms with Crippen LogP contribution in [0.25, 0.3) is 0 Å². The standard InChI is InChI=1S/C48H80N6O16/c1-3-39(55)35(49-2)20-18-19-29-50-40(56)26-23-37(47(65)66)53-43(59)28-25-38(48(67)68)54-44(60)34-70-33-32-69-31-30-51-41(57)27-24-36(46(63)64)52-42(58)21-16-14-12-10-8-6-4-5-7-9-11-13-15-17-22-45(61)62/h3,25,35-37,49H,1,4-24,26-34H2,2H3,(H,50,56)(H,51,57)(H,52,58)(H,53,59)(H,54,60)(H,61,62)(H,63,64)(H,65,66)(H,67,68)/b38-25+/t35-,36?,37?/m0/s1. The SMILES string of the molecule is C=CC(=O)[C@H](CCCCNC(=O)CCC(NC(=O)C/C=C(/NC(=O)COCCOCCNC(=O)CCC(NC(=O)CCCCCCCCCCCCCCCCC(=O)O)C(=O)O)C(=O)O)C(=O)O)NC. The molecule has 3 atom stereocenters. The van der Waals surface area contributed by atoms with Crippen LogP contribution in [0.4, 0.5) is 0 Å². The van der Waals surface area contributed by atoms with Crippen molar-refractivity contribution in [1.82, 2.24) is 31.9 Å². The van der Waals surface area contributed by atoms with Gasteiger partial charge in [0.1, 0.15) is 24.4 Å². The van der Waals surface area contributed by atoms with Crippen molar-refractivity contribution < 1.29 is 77.8 Å². The number of rotatable bonds is 47. The van der Waals surface area contributed by atoms with E-state index in [0.29, 0.717) is 32.2 Å². The van der Waals surface area contributed by atoms with E-state index in [0.717, 1.165) is 57.4 Å². The van der Waals surface area contributed by atoms with Crippen LogP contribution in [0, 0.1) is 0 Å². The zero-order valence-electron chi connectivity index (χ0n) is 41.0. The first-order valence-electron chi connectivity index (χ1n) is 24.5. The van der Waals surface area contributed by atoms with Crippen LogP contribution >= 0.6 is 0 Å². The van der Waals surface area contributed by atoms with Gasteiger partial charge in [-0.1, -0.05) is 83.6 Å². The number of hydrogen-bond acceptors (Lipinski definition) is 13. The van der Waals surface area contributed by atoms with E-state index in [1.54, 1.807) is 7.05 Å². The molecule has 0 aliphatic heterocycles. The number of likely N-dealkylation sites (N-methyl/N-ethyl adjacent to an activating group) is 1. The summed E-state index contributed by atoms with van der Waals surface area (Å²) in [5, 5.41) is 52.1. The fourth-order valence-electron chi connectivity index (χ4n) is 6.94. The number of amides is 5. The average molecular weight is 997 g/mol. The Bertz CT molecular complexity index is 1660. The van der Waals surface area contributed by atoms with Gasteiger partial charge in [0.25, 0.3) is 5.91 Å². The molecule has 22 heteroatoms. The van der Waals surface area contributed by atoms with Crippen LogP contribution in [-0.4, -0.2) is 144 Å². The zero-order chi connectivity index (χ0) is 52.4. The van der Waals surface area contributed by atoms with Crippen molar-refractivity contribution in [2.24, 2.45) is 0 Å². The lowest BCUT2D eigenvalue weighted by Crippen LogP contribution is -2.41. The highest BCUT2D eigenvalue weighted by atomic mass is 16.5. The molecule has 0 saturated carbocycles. The lowest BCUT2D eigenvalue weighted by atomic mass is 10.0. The Kier molecular flexibility index (Phi) is 38.7. The maximum Gasteiger partial charge on any atom is 0.352 e. The minimum atomic E-state index is -1.57. The van der Waals surface area contributed by atoms with Gasteiger partial charge in [-0.15, -0.1) is 0 Å². The normalized spacial score (nSPS) is 12.4. The number of carboxylic acids is 4. The van der Waals surface area contributed by atoms with Gasteiger partial charge < -0.3 is 61.8 Å². The number of carbonyl (C=O) groups is 10. The van der Waals surface area contributed by atoms with Crippen LogP contribution in [0.15, 0.2) is 24.4 Å². The van der Waals surface area contributed by atoms with Crippen LogP contribution in [0.5, 0.6) is 0 Å². The maximum atomic E-state index is 12.4. The van der Waals surface area contributed by atoms with E-state index in [9.17, 15) is 63.3 Å². The first-order chi connectivity index (χ1) is 33.5. The van der Waals surface area contributed by atoms with Crippen molar-refractivity contribution >= 4 is 59.2 Å². The number of nitrogens with one attached hydrogen (secondary N) is 6. The molecule has 398 valence electrons. The summed E-state index contributed by atoms with van der Waals surface area (Å²) in [6, 6.07) is -3.02. The van der Waals surface area contributed by atoms with Gasteiger partial charge in [-0.25, -0.2) is 14.4 Å². The van der Waals surface area contributed by atoms with Crippen molar-refractivity contribution in [3.63, 3.8) is 0 Å². The number of carbonyl (C=O) groups excluding carboxylic acids is 6. The predicted octanol–water partition coefficient (Wildman–Crippen LogP) is 3.27. The maximum absolute atomic E-state index is 12.4. The lowest BCUT2D eigenvalue weighted by molar-refractivity contribution is -0.142. The van der Waals surface area contributed by atoms with E-state index in [-0.39, 0.29) is 82.6 Å². The second kappa shape index (κ2) is 42.2. The van der Waals surface area contributed by atoms with Crippen molar-refractivity contribution in [3.8, 4) is 0 Å². The molecule has 70 heavy (non-hydrogen) atoms. The summed E-state index contributed by atoms with van der Waals surface area (Å²) in [6.07, 6.45) is 17.7. The van der Waals surface area contributed by atoms with Crippen molar-refractivity contribution in [1.29, 1.82) is 0 Å². The highest BCUT2D eigenvalue weighted by molar-refractivity contribution is 5.94. The molecule has 0 spiro atoms. The summed E-state index contributed by atoms with van der Waals surface area (Å²) in [6.45, 7) is 3.26. The Morgan fingerprint density at radius 3 is 1.47 bits per heavy atom. The molecule has 0 fully saturated rings. The van der Waals surface area contributed by atoms with E-state index in [2.05, 4.69) is 38.5 Å². The van der Waals surface area contributed by atoms with Gasteiger partial charge >= 0.3 is 23.9 Å². The number of ether oxygens (including phenoxy) is 2. The van der Waals surface area contributed by atoms with E-state index in [1.165, 1.54) is 38.2 Å². The molecule has 22 nitrogen and oxygen atoms in total. The molecule has 0 bridgehead atoms. The van der Waals surface area contributed by atoms with E-state index in [1.807, 2.05) is 0 Å². The molecule has 0 radical (unpaired) electrons. The fraction of sp³-hybridized carbons (Fsp3) is 0.708. The monoisotopic (exact) mass is 997 g/mol. The topological polar surface area (TPSA) is 342 Å². The highest BCUT2D eigenvalue weighted by Gasteiger charge is 2.23. The quantitative estimate of drug-likeness (QED) is 0.0309. The average Bonchev–Trinajstić information content (AvgIpc) is 3.31. The Labute approximate surface area is 411 Å². The predicted molar refractivity (Wildman–Crippen MR) is 257 cm³/mol. The largest absolute Gasteiger partial charge is 0.481 e. The number of aliphatic carboxylic acids is 4. The van der Waals surface area contributed by atoms with E-state index >= 15 is 0 Å². The molecule has 0 aliphatic carbocycles. The van der Waals surface area contributed by atoms with E-state index < -0.39 is 78.3 Å². The molecule has 0 heterocycles. The fourth-order valence-corrected chi connectivity index (χ4v) is 6.94. The van der Waals surface area contributed by atoms with Crippen LogP contribution in [0.3, 0.4) is 0 Å².